The van der Waals surface area contributed by atoms with Gasteiger partial charge in [0.2, 0.25) is 0 Å². The molecular weight excluding hydrogens is 320 g/mol. The van der Waals surface area contributed by atoms with Gasteiger partial charge < -0.3 is 21.6 Å². The van der Waals surface area contributed by atoms with Gasteiger partial charge >= 0.3 is 5.97 Å². The highest BCUT2D eigenvalue weighted by Gasteiger charge is 2.07. The van der Waals surface area contributed by atoms with E-state index in [9.17, 15) is 9.59 Å². The lowest BCUT2D eigenvalue weighted by Crippen LogP contribution is -2.12. The summed E-state index contributed by atoms with van der Waals surface area (Å²) in [5, 5.41) is 17.7. The maximum atomic E-state index is 12.4. The van der Waals surface area contributed by atoms with Gasteiger partial charge in [0.25, 0.3) is 5.91 Å². The third-order valence-electron chi connectivity index (χ3n) is 3.36. The molecular formula is C18H18N4O3. The molecule has 0 bridgehead atoms. The summed E-state index contributed by atoms with van der Waals surface area (Å²) in [7, 11) is 0. The molecule has 0 aromatic heterocycles. The third-order valence-corrected chi connectivity index (χ3v) is 3.36. The molecule has 0 fully saturated rings. The fourth-order valence-corrected chi connectivity index (χ4v) is 2.17. The van der Waals surface area contributed by atoms with Crippen molar-refractivity contribution < 1.29 is 14.7 Å². The second-order valence-corrected chi connectivity index (χ2v) is 5.20. The molecule has 0 aliphatic rings. The molecule has 5 N–H and O–H groups in total. The number of aryl methyl sites for hydroxylation is 1. The van der Waals surface area contributed by atoms with E-state index in [-0.39, 0.29) is 5.91 Å². The number of carboxylic acids is 1. The van der Waals surface area contributed by atoms with Crippen molar-refractivity contribution in [2.45, 2.75) is 6.92 Å². The second-order valence-electron chi connectivity index (χ2n) is 5.20. The summed E-state index contributed by atoms with van der Waals surface area (Å²) in [4.78, 5) is 22.9. The number of nitrogens with one attached hydrogen (secondary N) is 2. The number of anilines is 2. The topological polar surface area (TPSA) is 117 Å². The Morgan fingerprint density at radius 2 is 1.96 bits per heavy atom. The lowest BCUT2D eigenvalue weighted by molar-refractivity contribution is -0.131. The van der Waals surface area contributed by atoms with Gasteiger partial charge in [-0.2, -0.15) is 5.10 Å². The predicted molar refractivity (Wildman–Crippen MR) is 98.5 cm³/mol. The minimum atomic E-state index is -1.01. The highest BCUT2D eigenvalue weighted by Crippen LogP contribution is 2.18. The van der Waals surface area contributed by atoms with Crippen LogP contribution in [0.4, 0.5) is 11.4 Å². The van der Waals surface area contributed by atoms with Crippen LogP contribution in [-0.4, -0.2) is 23.3 Å². The highest BCUT2D eigenvalue weighted by atomic mass is 16.4. The summed E-state index contributed by atoms with van der Waals surface area (Å²) in [6.45, 7) is 1.84. The largest absolute Gasteiger partial charge is 0.478 e. The molecule has 0 radical (unpaired) electrons. The normalized spacial score (nSPS) is 10.9. The molecule has 0 aliphatic carbocycles. The number of rotatable bonds is 6. The molecule has 25 heavy (non-hydrogen) atoms. The zero-order valence-electron chi connectivity index (χ0n) is 13.6. The van der Waals surface area contributed by atoms with Crippen molar-refractivity contribution >= 4 is 35.7 Å². The van der Waals surface area contributed by atoms with Gasteiger partial charge in [0.1, 0.15) is 6.34 Å². The van der Waals surface area contributed by atoms with Crippen molar-refractivity contribution in [3.63, 3.8) is 0 Å². The summed E-state index contributed by atoms with van der Waals surface area (Å²) in [6.07, 6.45) is 3.91. The average molecular weight is 338 g/mol. The molecule has 0 spiro atoms. The molecule has 1 amide bonds. The maximum Gasteiger partial charge on any atom is 0.328 e. The first-order valence-corrected chi connectivity index (χ1v) is 7.41. The Hall–Kier alpha value is -3.61. The summed E-state index contributed by atoms with van der Waals surface area (Å²) >= 11 is 0. The van der Waals surface area contributed by atoms with Crippen LogP contribution >= 0.6 is 0 Å². The SMILES string of the molecule is Cc1cc(NC(=O)c2cccc(NC=NN)c2)ccc1C=CC(=O)O. The van der Waals surface area contributed by atoms with Crippen LogP contribution in [0.5, 0.6) is 0 Å². The minimum absolute atomic E-state index is 0.262. The Kier molecular flexibility index (Phi) is 5.89. The van der Waals surface area contributed by atoms with Crippen LogP contribution in [0.3, 0.4) is 0 Å². The molecule has 2 aromatic rings. The van der Waals surface area contributed by atoms with Crippen LogP contribution in [0.25, 0.3) is 6.08 Å². The standard InChI is InChI=1S/C18H18N4O3/c1-12-9-16(7-5-13(12)6-8-17(23)24)22-18(25)14-3-2-4-15(10-14)20-11-21-19/h2-11H,19H2,1H3,(H,20,21)(H,22,25)(H,23,24). The second kappa shape index (κ2) is 8.30. The number of hydrogen-bond donors (Lipinski definition) is 4. The summed E-state index contributed by atoms with van der Waals surface area (Å²) in [6, 6.07) is 12.1. The van der Waals surface area contributed by atoms with Crippen LogP contribution < -0.4 is 16.5 Å². The zero-order valence-corrected chi connectivity index (χ0v) is 13.6. The highest BCUT2D eigenvalue weighted by molar-refractivity contribution is 6.05. The van der Waals surface area contributed by atoms with Crippen molar-refractivity contribution in [2.24, 2.45) is 10.9 Å². The predicted octanol–water partition coefficient (Wildman–Crippen LogP) is 2.66. The van der Waals surface area contributed by atoms with Crippen molar-refractivity contribution in [2.75, 3.05) is 10.6 Å². The van der Waals surface area contributed by atoms with E-state index in [1.54, 1.807) is 42.5 Å². The molecule has 0 heterocycles. The van der Waals surface area contributed by atoms with E-state index in [1.165, 1.54) is 12.4 Å². The van der Waals surface area contributed by atoms with Crippen LogP contribution in [0.2, 0.25) is 0 Å². The number of carbonyl (C=O) groups is 2. The lowest BCUT2D eigenvalue weighted by Gasteiger charge is -2.09. The fourth-order valence-electron chi connectivity index (χ4n) is 2.17. The van der Waals surface area contributed by atoms with E-state index < -0.39 is 5.97 Å². The van der Waals surface area contributed by atoms with E-state index in [0.717, 1.165) is 17.2 Å². The van der Waals surface area contributed by atoms with Crippen molar-refractivity contribution in [3.05, 3.63) is 65.2 Å². The molecule has 0 aliphatic heterocycles. The fraction of sp³-hybridized carbons (Fsp3) is 0.0556. The molecule has 128 valence electrons. The number of benzene rings is 2. The van der Waals surface area contributed by atoms with Gasteiger partial charge in [-0.15, -0.1) is 0 Å². The van der Waals surface area contributed by atoms with Gasteiger partial charge in [0, 0.05) is 23.0 Å². The number of nitrogens with two attached hydrogens (primary N) is 1. The van der Waals surface area contributed by atoms with E-state index in [1.807, 2.05) is 6.92 Å². The maximum absolute atomic E-state index is 12.4. The van der Waals surface area contributed by atoms with Crippen LogP contribution in [0, 0.1) is 6.92 Å². The quantitative estimate of drug-likeness (QED) is 0.212. The number of hydrogen-bond acceptors (Lipinski definition) is 4. The minimum Gasteiger partial charge on any atom is -0.478 e. The number of carbonyl (C=O) groups excluding carboxylic acids is 1. The summed E-state index contributed by atoms with van der Waals surface area (Å²) in [5.74, 6) is 3.76. The molecule has 7 nitrogen and oxygen atoms in total. The first-order chi connectivity index (χ1) is 12.0. The van der Waals surface area contributed by atoms with Crippen molar-refractivity contribution in [1.29, 1.82) is 0 Å². The summed E-state index contributed by atoms with van der Waals surface area (Å²) < 4.78 is 0. The molecule has 0 saturated heterocycles. The Labute approximate surface area is 144 Å². The van der Waals surface area contributed by atoms with Gasteiger partial charge in [0.05, 0.1) is 0 Å². The van der Waals surface area contributed by atoms with Gasteiger partial charge in [-0.25, -0.2) is 4.79 Å². The molecule has 0 atom stereocenters. The Morgan fingerprint density at radius 3 is 2.64 bits per heavy atom. The van der Waals surface area contributed by atoms with Crippen molar-refractivity contribution in [3.8, 4) is 0 Å². The lowest BCUT2D eigenvalue weighted by atomic mass is 10.1. The van der Waals surface area contributed by atoms with Gasteiger partial charge in [-0.1, -0.05) is 12.1 Å². The van der Waals surface area contributed by atoms with Crippen LogP contribution in [0.1, 0.15) is 21.5 Å². The summed E-state index contributed by atoms with van der Waals surface area (Å²) in [5.41, 5.74) is 3.41. The zero-order chi connectivity index (χ0) is 18.2. The molecule has 0 saturated carbocycles. The van der Waals surface area contributed by atoms with Gasteiger partial charge in [-0.05, 0) is 54.5 Å². The Balaban J connectivity index is 2.12. The number of hydrazone groups is 1. The first-order valence-electron chi connectivity index (χ1n) is 7.41. The first kappa shape index (κ1) is 17.7. The van der Waals surface area contributed by atoms with E-state index in [2.05, 4.69) is 15.7 Å². The van der Waals surface area contributed by atoms with E-state index in [4.69, 9.17) is 10.9 Å². The molecule has 7 heteroatoms. The smallest absolute Gasteiger partial charge is 0.328 e. The third kappa shape index (κ3) is 5.21. The molecule has 0 unspecified atom stereocenters. The molecule has 2 rings (SSSR count). The van der Waals surface area contributed by atoms with E-state index in [0.29, 0.717) is 16.9 Å². The van der Waals surface area contributed by atoms with Gasteiger partial charge in [-0.3, -0.25) is 4.79 Å². The van der Waals surface area contributed by atoms with Gasteiger partial charge in [0.15, 0.2) is 0 Å². The van der Waals surface area contributed by atoms with Crippen LogP contribution in [-0.2, 0) is 4.79 Å². The van der Waals surface area contributed by atoms with E-state index >= 15 is 0 Å². The number of nitrogens with zero attached hydrogens (tertiary/aromatic N) is 1. The number of carboxylic acid groups (broad SMARTS) is 1. The number of aliphatic carboxylic acids is 1. The monoisotopic (exact) mass is 338 g/mol. The van der Waals surface area contributed by atoms with Crippen molar-refractivity contribution in [1.82, 2.24) is 0 Å². The van der Waals surface area contributed by atoms with Crippen LogP contribution in [0.15, 0.2) is 53.6 Å². The number of amides is 1. The Morgan fingerprint density at radius 1 is 1.16 bits per heavy atom. The average Bonchev–Trinajstić information content (AvgIpc) is 2.59. The Bertz CT molecular complexity index is 844. The molecule has 2 aromatic carbocycles.